The Hall–Kier alpha value is -4.05. The summed E-state index contributed by atoms with van der Waals surface area (Å²) in [5.41, 5.74) is 1.34. The van der Waals surface area contributed by atoms with Crippen LogP contribution in [0.15, 0.2) is 77.7 Å². The topological polar surface area (TPSA) is 111 Å². The number of ether oxygens (including phenoxy) is 3. The maximum absolute atomic E-state index is 13.2. The zero-order valence-electron chi connectivity index (χ0n) is 19.0. The number of nitrogens with one attached hydrogen (secondary N) is 1. The zero-order chi connectivity index (χ0) is 24.8. The number of rotatable bonds is 9. The highest BCUT2D eigenvalue weighted by Gasteiger charge is 2.25. The van der Waals surface area contributed by atoms with E-state index < -0.39 is 28.5 Å². The molecule has 4 rings (SSSR count). The predicted molar refractivity (Wildman–Crippen MR) is 128 cm³/mol. The molecule has 1 aliphatic rings. The van der Waals surface area contributed by atoms with Crippen LogP contribution < -0.4 is 19.1 Å². The minimum absolute atomic E-state index is 0.0266. The highest BCUT2D eigenvalue weighted by atomic mass is 32.2. The van der Waals surface area contributed by atoms with Crippen molar-refractivity contribution in [2.24, 2.45) is 0 Å². The molecule has 9 nitrogen and oxygen atoms in total. The SMILES string of the molecule is CCN(c1ccccc1)S(=O)(=O)c1cccc(C(=O)OCC(=O)NCc2ccc3c(c2)OCO3)c1. The molecule has 0 saturated heterocycles. The highest BCUT2D eigenvalue weighted by Crippen LogP contribution is 2.32. The van der Waals surface area contributed by atoms with Crippen LogP contribution in [-0.2, 0) is 26.1 Å². The van der Waals surface area contributed by atoms with Crippen molar-refractivity contribution in [1.82, 2.24) is 5.32 Å². The van der Waals surface area contributed by atoms with Crippen LogP contribution in [0.3, 0.4) is 0 Å². The fourth-order valence-corrected chi connectivity index (χ4v) is 5.03. The molecule has 35 heavy (non-hydrogen) atoms. The van der Waals surface area contributed by atoms with Crippen molar-refractivity contribution >= 4 is 27.6 Å². The van der Waals surface area contributed by atoms with Gasteiger partial charge < -0.3 is 19.5 Å². The van der Waals surface area contributed by atoms with E-state index in [1.165, 1.54) is 28.6 Å². The van der Waals surface area contributed by atoms with E-state index in [-0.39, 0.29) is 30.3 Å². The Labute approximate surface area is 203 Å². The van der Waals surface area contributed by atoms with Gasteiger partial charge in [-0.3, -0.25) is 9.10 Å². The molecular formula is C25H24N2O7S. The van der Waals surface area contributed by atoms with Crippen LogP contribution in [0, 0.1) is 0 Å². The van der Waals surface area contributed by atoms with Gasteiger partial charge in [0.1, 0.15) is 0 Å². The number of carbonyl (C=O) groups excluding carboxylic acids is 2. The molecule has 0 bridgehead atoms. The van der Waals surface area contributed by atoms with Gasteiger partial charge >= 0.3 is 5.97 Å². The van der Waals surface area contributed by atoms with Gasteiger partial charge in [0.15, 0.2) is 18.1 Å². The summed E-state index contributed by atoms with van der Waals surface area (Å²) in [6, 6.07) is 19.5. The van der Waals surface area contributed by atoms with Crippen LogP contribution in [0.2, 0.25) is 0 Å². The minimum atomic E-state index is -3.91. The van der Waals surface area contributed by atoms with Gasteiger partial charge in [-0.05, 0) is 55.0 Å². The van der Waals surface area contributed by atoms with E-state index in [0.717, 1.165) is 5.56 Å². The highest BCUT2D eigenvalue weighted by molar-refractivity contribution is 7.92. The van der Waals surface area contributed by atoms with Crippen molar-refractivity contribution in [2.75, 3.05) is 24.2 Å². The Bertz CT molecular complexity index is 1330. The number of hydrogen-bond acceptors (Lipinski definition) is 7. The lowest BCUT2D eigenvalue weighted by Crippen LogP contribution is -2.31. The van der Waals surface area contributed by atoms with Crippen molar-refractivity contribution in [1.29, 1.82) is 0 Å². The third-order valence-corrected chi connectivity index (χ3v) is 7.15. The normalized spacial score (nSPS) is 12.1. The summed E-state index contributed by atoms with van der Waals surface area (Å²) in [6.07, 6.45) is 0. The second-order valence-corrected chi connectivity index (χ2v) is 9.44. The summed E-state index contributed by atoms with van der Waals surface area (Å²) >= 11 is 0. The van der Waals surface area contributed by atoms with Crippen LogP contribution in [0.25, 0.3) is 0 Å². The number of carbonyl (C=O) groups is 2. The molecule has 0 unspecified atom stereocenters. The summed E-state index contributed by atoms with van der Waals surface area (Å²) in [4.78, 5) is 24.6. The number of anilines is 1. The lowest BCUT2D eigenvalue weighted by Gasteiger charge is -2.23. The Morgan fingerprint density at radius 2 is 1.74 bits per heavy atom. The number of amides is 1. The number of esters is 1. The lowest BCUT2D eigenvalue weighted by molar-refractivity contribution is -0.124. The number of fused-ring (bicyclic) bond motifs is 1. The molecule has 0 saturated carbocycles. The quantitative estimate of drug-likeness (QED) is 0.453. The molecule has 0 radical (unpaired) electrons. The van der Waals surface area contributed by atoms with E-state index in [9.17, 15) is 18.0 Å². The second kappa shape index (κ2) is 10.5. The van der Waals surface area contributed by atoms with E-state index in [0.29, 0.717) is 17.2 Å². The summed E-state index contributed by atoms with van der Waals surface area (Å²) < 4.78 is 43.3. The molecule has 0 atom stereocenters. The van der Waals surface area contributed by atoms with Crippen molar-refractivity contribution in [3.8, 4) is 11.5 Å². The van der Waals surface area contributed by atoms with Crippen molar-refractivity contribution < 1.29 is 32.2 Å². The third kappa shape index (κ3) is 5.55. The molecule has 0 aliphatic carbocycles. The molecule has 1 heterocycles. The molecule has 3 aromatic carbocycles. The second-order valence-electron chi connectivity index (χ2n) is 7.57. The van der Waals surface area contributed by atoms with Crippen LogP contribution >= 0.6 is 0 Å². The van der Waals surface area contributed by atoms with E-state index in [1.807, 2.05) is 0 Å². The number of benzene rings is 3. The van der Waals surface area contributed by atoms with Crippen molar-refractivity contribution in [3.05, 3.63) is 83.9 Å². The van der Waals surface area contributed by atoms with E-state index in [4.69, 9.17) is 14.2 Å². The summed E-state index contributed by atoms with van der Waals surface area (Å²) in [5, 5.41) is 2.66. The molecule has 3 aromatic rings. The van der Waals surface area contributed by atoms with Crippen molar-refractivity contribution in [3.63, 3.8) is 0 Å². The van der Waals surface area contributed by atoms with Crippen LogP contribution in [-0.4, -0.2) is 40.2 Å². The van der Waals surface area contributed by atoms with Gasteiger partial charge in [-0.2, -0.15) is 0 Å². The van der Waals surface area contributed by atoms with Gasteiger partial charge in [-0.25, -0.2) is 13.2 Å². The smallest absolute Gasteiger partial charge is 0.338 e. The van der Waals surface area contributed by atoms with Gasteiger partial charge in [0.2, 0.25) is 6.79 Å². The molecule has 0 aromatic heterocycles. The molecule has 182 valence electrons. The summed E-state index contributed by atoms with van der Waals surface area (Å²) in [7, 11) is -3.91. The zero-order valence-corrected chi connectivity index (χ0v) is 19.8. The first-order valence-corrected chi connectivity index (χ1v) is 12.3. The largest absolute Gasteiger partial charge is 0.454 e. The Kier molecular flexibility index (Phi) is 7.21. The lowest BCUT2D eigenvalue weighted by atomic mass is 10.2. The van der Waals surface area contributed by atoms with Crippen molar-refractivity contribution in [2.45, 2.75) is 18.4 Å². The maximum Gasteiger partial charge on any atom is 0.338 e. The average molecular weight is 497 g/mol. The van der Waals surface area contributed by atoms with E-state index in [2.05, 4.69) is 5.32 Å². The van der Waals surface area contributed by atoms with Gasteiger partial charge in [0, 0.05) is 13.1 Å². The van der Waals surface area contributed by atoms with Gasteiger partial charge in [-0.15, -0.1) is 0 Å². The summed E-state index contributed by atoms with van der Waals surface area (Å²) in [5.74, 6) is -0.0555. The Morgan fingerprint density at radius 3 is 2.51 bits per heavy atom. The Morgan fingerprint density at radius 1 is 0.971 bits per heavy atom. The van der Waals surface area contributed by atoms with Crippen LogP contribution in [0.5, 0.6) is 11.5 Å². The molecule has 1 N–H and O–H groups in total. The monoisotopic (exact) mass is 496 g/mol. The number of hydrogen-bond donors (Lipinski definition) is 1. The molecule has 10 heteroatoms. The number of sulfonamides is 1. The van der Waals surface area contributed by atoms with E-state index in [1.54, 1.807) is 55.5 Å². The van der Waals surface area contributed by atoms with Gasteiger partial charge in [-0.1, -0.05) is 30.3 Å². The van der Waals surface area contributed by atoms with Crippen LogP contribution in [0.4, 0.5) is 5.69 Å². The molecule has 0 spiro atoms. The first-order chi connectivity index (χ1) is 16.9. The van der Waals surface area contributed by atoms with Gasteiger partial charge in [0.05, 0.1) is 16.1 Å². The fraction of sp³-hybridized carbons (Fsp3) is 0.200. The molecule has 1 aliphatic heterocycles. The predicted octanol–water partition coefficient (Wildman–Crippen LogP) is 3.10. The standard InChI is InChI=1S/C25H24N2O7S/c1-2-27(20-8-4-3-5-9-20)35(30,31)21-10-6-7-19(14-21)25(29)32-16-24(28)26-15-18-11-12-22-23(13-18)34-17-33-22/h3-14H,2,15-17H2,1H3,(H,26,28). The summed E-state index contributed by atoms with van der Waals surface area (Å²) in [6.45, 7) is 1.81. The van der Waals surface area contributed by atoms with Gasteiger partial charge in [0.25, 0.3) is 15.9 Å². The molecule has 0 fully saturated rings. The molecular weight excluding hydrogens is 472 g/mol. The van der Waals surface area contributed by atoms with Crippen LogP contribution in [0.1, 0.15) is 22.8 Å². The average Bonchev–Trinajstić information content (AvgIpc) is 3.35. The number of nitrogens with zero attached hydrogens (tertiary/aromatic N) is 1. The number of para-hydroxylation sites is 1. The molecule has 1 amide bonds. The minimum Gasteiger partial charge on any atom is -0.454 e. The third-order valence-electron chi connectivity index (χ3n) is 5.25. The maximum atomic E-state index is 13.2. The fourth-order valence-electron chi connectivity index (χ4n) is 3.51. The van der Waals surface area contributed by atoms with E-state index >= 15 is 0 Å². The Balaban J connectivity index is 1.36. The first kappa shape index (κ1) is 24.1. The first-order valence-electron chi connectivity index (χ1n) is 10.9.